The molecule has 0 aromatic rings. The van der Waals surface area contributed by atoms with Crippen LogP contribution in [-0.4, -0.2) is 35.7 Å². The fourth-order valence-electron chi connectivity index (χ4n) is 3.59. The minimum atomic E-state index is -0.232. The molecule has 1 fully saturated rings. The normalized spacial score (nSPS) is 19.8. The maximum atomic E-state index is 11.8. The number of nitrogens with zero attached hydrogens (tertiary/aromatic N) is 1. The van der Waals surface area contributed by atoms with E-state index < -0.39 is 0 Å². The number of carbonyl (C=O) groups excluding carboxylic acids is 2. The summed E-state index contributed by atoms with van der Waals surface area (Å²) in [6, 6.07) is -0.232. The quantitative estimate of drug-likeness (QED) is 0.693. The number of rotatable bonds is 8. The van der Waals surface area contributed by atoms with Crippen LogP contribution in [0.15, 0.2) is 35.1 Å². The van der Waals surface area contributed by atoms with Gasteiger partial charge in [-0.25, -0.2) is 0 Å². The fraction of sp³-hybridized carbons (Fsp3) is 0.600. The Kier molecular flexibility index (Phi) is 6.03. The van der Waals surface area contributed by atoms with Crippen molar-refractivity contribution in [3.63, 3.8) is 0 Å². The van der Waals surface area contributed by atoms with E-state index in [2.05, 4.69) is 49.2 Å². The average Bonchev–Trinajstić information content (AvgIpc) is 3.25. The molecule has 0 radical (unpaired) electrons. The summed E-state index contributed by atoms with van der Waals surface area (Å²) >= 11 is 0. The molecule has 0 aromatic carbocycles. The van der Waals surface area contributed by atoms with Crippen molar-refractivity contribution in [1.82, 2.24) is 10.2 Å². The van der Waals surface area contributed by atoms with Crippen LogP contribution in [0, 0.1) is 0 Å². The van der Waals surface area contributed by atoms with E-state index >= 15 is 0 Å². The predicted molar refractivity (Wildman–Crippen MR) is 97.5 cm³/mol. The lowest BCUT2D eigenvalue weighted by Gasteiger charge is -2.34. The lowest BCUT2D eigenvalue weighted by atomic mass is 10.0. The molecule has 4 heteroatoms. The van der Waals surface area contributed by atoms with Crippen molar-refractivity contribution in [2.75, 3.05) is 7.05 Å². The number of hydrogen-bond donors (Lipinski definition) is 1. The number of nitrogens with one attached hydrogen (secondary N) is 1. The number of carbonyl (C=O) groups is 2. The van der Waals surface area contributed by atoms with Gasteiger partial charge >= 0.3 is 0 Å². The zero-order valence-electron chi connectivity index (χ0n) is 15.4. The number of hydrogen-bond acceptors (Lipinski definition) is 3. The minimum absolute atomic E-state index is 0.00922. The fourth-order valence-corrected chi connectivity index (χ4v) is 3.59. The minimum Gasteiger partial charge on any atom is -0.359 e. The van der Waals surface area contributed by atoms with Crippen molar-refractivity contribution in [1.29, 1.82) is 0 Å². The number of aldehydes is 1. The molecular weight excluding hydrogens is 300 g/mol. The highest BCUT2D eigenvalue weighted by molar-refractivity contribution is 5.76. The van der Waals surface area contributed by atoms with Gasteiger partial charge in [0.1, 0.15) is 6.29 Å². The second-order valence-electron chi connectivity index (χ2n) is 7.13. The summed E-state index contributed by atoms with van der Waals surface area (Å²) in [5, 5.41) is 2.64. The maximum absolute atomic E-state index is 11.8. The van der Waals surface area contributed by atoms with E-state index in [4.69, 9.17) is 0 Å². The van der Waals surface area contributed by atoms with Gasteiger partial charge in [0, 0.05) is 24.7 Å². The molecule has 1 unspecified atom stereocenters. The van der Waals surface area contributed by atoms with Crippen LogP contribution in [0.2, 0.25) is 0 Å². The smallest absolute Gasteiger partial charge is 0.219 e. The van der Waals surface area contributed by atoms with Gasteiger partial charge in [-0.1, -0.05) is 24.6 Å². The van der Waals surface area contributed by atoms with E-state index in [0.717, 1.165) is 32.0 Å². The monoisotopic (exact) mass is 330 g/mol. The summed E-state index contributed by atoms with van der Waals surface area (Å²) in [5.41, 5.74) is 3.87. The highest BCUT2D eigenvalue weighted by Crippen LogP contribution is 2.55. The summed E-state index contributed by atoms with van der Waals surface area (Å²) in [4.78, 5) is 25.7. The van der Waals surface area contributed by atoms with Crippen LogP contribution >= 0.6 is 0 Å². The molecule has 4 nitrogen and oxygen atoms in total. The number of amides is 1. The second-order valence-corrected chi connectivity index (χ2v) is 7.13. The molecule has 1 heterocycles. The van der Waals surface area contributed by atoms with E-state index in [9.17, 15) is 9.59 Å². The Hall–Kier alpha value is -1.84. The Morgan fingerprint density at radius 3 is 2.58 bits per heavy atom. The Balaban J connectivity index is 2.33. The van der Waals surface area contributed by atoms with Crippen molar-refractivity contribution >= 4 is 12.2 Å². The largest absolute Gasteiger partial charge is 0.359 e. The first kappa shape index (κ1) is 18.5. The highest BCUT2D eigenvalue weighted by atomic mass is 16.1. The molecule has 1 saturated carbocycles. The van der Waals surface area contributed by atoms with Gasteiger partial charge in [-0.2, -0.15) is 0 Å². The molecule has 24 heavy (non-hydrogen) atoms. The van der Waals surface area contributed by atoms with Crippen LogP contribution in [0.1, 0.15) is 59.3 Å². The van der Waals surface area contributed by atoms with Crippen LogP contribution < -0.4 is 5.32 Å². The van der Waals surface area contributed by atoms with Crippen LogP contribution in [0.3, 0.4) is 0 Å². The Morgan fingerprint density at radius 1 is 1.38 bits per heavy atom. The lowest BCUT2D eigenvalue weighted by molar-refractivity contribution is -0.121. The molecular formula is C20H30N2O2. The lowest BCUT2D eigenvalue weighted by Crippen LogP contribution is -2.42. The van der Waals surface area contributed by atoms with Crippen LogP contribution in [0.25, 0.3) is 0 Å². The molecule has 2 aliphatic rings. The standard InChI is InChI=1S/C20H30N2O2/c1-5-6-7-18-16(12-15(2)3)13-20(10-11-20)22(18)17(14-23)8-9-19(24)21-4/h6-7,12,14,17H,5,8-11,13H2,1-4H3,(H,21,24)/b7-6-. The van der Waals surface area contributed by atoms with Gasteiger partial charge < -0.3 is 15.0 Å². The molecule has 1 atom stereocenters. The maximum Gasteiger partial charge on any atom is 0.219 e. The van der Waals surface area contributed by atoms with Gasteiger partial charge in [0.25, 0.3) is 0 Å². The summed E-state index contributed by atoms with van der Waals surface area (Å²) < 4.78 is 0. The van der Waals surface area contributed by atoms with Gasteiger partial charge in [0.05, 0.1) is 6.04 Å². The van der Waals surface area contributed by atoms with Gasteiger partial charge in [0.15, 0.2) is 0 Å². The first-order valence-electron chi connectivity index (χ1n) is 8.97. The summed E-state index contributed by atoms with van der Waals surface area (Å²) in [5.74, 6) is -0.00922. The van der Waals surface area contributed by atoms with E-state index in [0.29, 0.717) is 12.8 Å². The van der Waals surface area contributed by atoms with Crippen molar-refractivity contribution in [2.45, 2.75) is 70.9 Å². The van der Waals surface area contributed by atoms with Crippen LogP contribution in [0.5, 0.6) is 0 Å². The summed E-state index contributed by atoms with van der Waals surface area (Å²) in [6.07, 6.45) is 12.8. The molecule has 1 aliphatic heterocycles. The molecule has 0 bridgehead atoms. The molecule has 1 amide bonds. The molecule has 1 spiro atoms. The van der Waals surface area contributed by atoms with Crippen molar-refractivity contribution < 1.29 is 9.59 Å². The topological polar surface area (TPSA) is 49.4 Å². The van der Waals surface area contributed by atoms with E-state index in [1.165, 1.54) is 16.8 Å². The van der Waals surface area contributed by atoms with Crippen molar-refractivity contribution in [2.24, 2.45) is 0 Å². The van der Waals surface area contributed by atoms with Gasteiger partial charge in [-0.15, -0.1) is 0 Å². The van der Waals surface area contributed by atoms with E-state index in [-0.39, 0.29) is 17.5 Å². The highest BCUT2D eigenvalue weighted by Gasteiger charge is 2.54. The Labute approximate surface area is 145 Å². The van der Waals surface area contributed by atoms with E-state index in [1.807, 2.05) is 0 Å². The first-order chi connectivity index (χ1) is 11.5. The van der Waals surface area contributed by atoms with Crippen molar-refractivity contribution in [3.05, 3.63) is 35.1 Å². The Morgan fingerprint density at radius 2 is 2.08 bits per heavy atom. The third kappa shape index (κ3) is 3.97. The SMILES string of the molecule is CC/C=C\C1=C(C=C(C)C)CC2(CC2)N1C(C=O)CCC(=O)NC. The van der Waals surface area contributed by atoms with Crippen LogP contribution in [0.4, 0.5) is 0 Å². The molecule has 1 N–H and O–H groups in total. The molecule has 0 saturated heterocycles. The van der Waals surface area contributed by atoms with Gasteiger partial charge in [-0.3, -0.25) is 4.79 Å². The Bertz CT molecular complexity index is 578. The molecule has 1 aliphatic carbocycles. The zero-order valence-corrected chi connectivity index (χ0v) is 15.4. The first-order valence-corrected chi connectivity index (χ1v) is 8.97. The van der Waals surface area contributed by atoms with Gasteiger partial charge in [0.2, 0.25) is 5.91 Å². The second kappa shape index (κ2) is 7.82. The molecule has 2 rings (SSSR count). The van der Waals surface area contributed by atoms with Crippen LogP contribution in [-0.2, 0) is 9.59 Å². The van der Waals surface area contributed by atoms with Gasteiger partial charge in [-0.05, 0) is 57.6 Å². The third-order valence-electron chi connectivity index (χ3n) is 4.86. The molecule has 132 valence electrons. The third-order valence-corrected chi connectivity index (χ3v) is 4.86. The predicted octanol–water partition coefficient (Wildman–Crippen LogP) is 3.50. The summed E-state index contributed by atoms with van der Waals surface area (Å²) in [6.45, 7) is 6.34. The zero-order chi connectivity index (χ0) is 17.7. The van der Waals surface area contributed by atoms with Crippen molar-refractivity contribution in [3.8, 4) is 0 Å². The van der Waals surface area contributed by atoms with E-state index in [1.54, 1.807) is 7.05 Å². The molecule has 0 aromatic heterocycles. The number of allylic oxidation sites excluding steroid dienone is 4. The summed E-state index contributed by atoms with van der Waals surface area (Å²) in [7, 11) is 1.64. The average molecular weight is 330 g/mol.